The van der Waals surface area contributed by atoms with Gasteiger partial charge in [0.05, 0.1) is 5.02 Å². The van der Waals surface area contributed by atoms with Gasteiger partial charge in [0.2, 0.25) is 0 Å². The number of piperidine rings is 1. The van der Waals surface area contributed by atoms with Crippen molar-refractivity contribution < 1.29 is 0 Å². The van der Waals surface area contributed by atoms with Gasteiger partial charge < -0.3 is 10.6 Å². The van der Waals surface area contributed by atoms with Gasteiger partial charge in [-0.15, -0.1) is 0 Å². The van der Waals surface area contributed by atoms with Crippen molar-refractivity contribution in [1.29, 1.82) is 0 Å². The van der Waals surface area contributed by atoms with E-state index in [9.17, 15) is 0 Å². The molecule has 0 aliphatic carbocycles. The van der Waals surface area contributed by atoms with Crippen molar-refractivity contribution in [3.63, 3.8) is 0 Å². The maximum atomic E-state index is 6.13. The molecular weight excluding hydrogens is 222 g/mol. The average Bonchev–Trinajstić information content (AvgIpc) is 2.30. The molecule has 1 aliphatic heterocycles. The Bertz CT molecular complexity index is 346. The highest BCUT2D eigenvalue weighted by Crippen LogP contribution is 2.27. The molecule has 4 heteroatoms. The molecule has 1 aliphatic rings. The lowest BCUT2D eigenvalue weighted by Gasteiger charge is -2.34. The summed E-state index contributed by atoms with van der Waals surface area (Å²) in [4.78, 5) is 6.59. The maximum Gasteiger partial charge on any atom is 0.147 e. The van der Waals surface area contributed by atoms with Gasteiger partial charge >= 0.3 is 0 Å². The number of nitrogens with two attached hydrogens (primary N) is 1. The Balaban J connectivity index is 2.02. The highest BCUT2D eigenvalue weighted by molar-refractivity contribution is 6.32. The standard InChI is InChI=1S/C12H18ClN3/c1-9(14)10-4-7-16(8-5-10)12-11(13)3-2-6-15-12/h2-3,6,9-10H,4-5,7-8,14H2,1H3. The number of hydrogen-bond acceptors (Lipinski definition) is 3. The molecule has 0 radical (unpaired) electrons. The van der Waals surface area contributed by atoms with E-state index in [1.807, 2.05) is 12.1 Å². The summed E-state index contributed by atoms with van der Waals surface area (Å²) in [6.07, 6.45) is 4.05. The van der Waals surface area contributed by atoms with Crippen molar-refractivity contribution in [2.24, 2.45) is 11.7 Å². The van der Waals surface area contributed by atoms with Crippen molar-refractivity contribution >= 4 is 17.4 Å². The number of halogens is 1. The van der Waals surface area contributed by atoms with Crippen LogP contribution in [0.1, 0.15) is 19.8 Å². The Morgan fingerprint density at radius 3 is 2.75 bits per heavy atom. The Morgan fingerprint density at radius 2 is 2.19 bits per heavy atom. The minimum absolute atomic E-state index is 0.293. The SMILES string of the molecule is CC(N)C1CCN(c2ncccc2Cl)CC1. The van der Waals surface area contributed by atoms with Gasteiger partial charge in [0.1, 0.15) is 5.82 Å². The molecule has 0 amide bonds. The number of rotatable bonds is 2. The Hall–Kier alpha value is -0.800. The van der Waals surface area contributed by atoms with Crippen LogP contribution in [-0.4, -0.2) is 24.1 Å². The molecule has 2 rings (SSSR count). The molecule has 1 aromatic heterocycles. The summed E-state index contributed by atoms with van der Waals surface area (Å²) in [6, 6.07) is 4.04. The lowest BCUT2D eigenvalue weighted by molar-refractivity contribution is 0.353. The van der Waals surface area contributed by atoms with Gasteiger partial charge in [-0.05, 0) is 37.8 Å². The fourth-order valence-electron chi connectivity index (χ4n) is 2.25. The van der Waals surface area contributed by atoms with Gasteiger partial charge in [0.25, 0.3) is 0 Å². The molecule has 0 aromatic carbocycles. The fraction of sp³-hybridized carbons (Fsp3) is 0.583. The van der Waals surface area contributed by atoms with E-state index in [-0.39, 0.29) is 0 Å². The van der Waals surface area contributed by atoms with Gasteiger partial charge in [-0.3, -0.25) is 0 Å². The molecule has 16 heavy (non-hydrogen) atoms. The third-order valence-corrected chi connectivity index (χ3v) is 3.62. The van der Waals surface area contributed by atoms with Crippen LogP contribution in [0.5, 0.6) is 0 Å². The second-order valence-corrected chi connectivity index (χ2v) is 4.90. The Labute approximate surface area is 102 Å². The lowest BCUT2D eigenvalue weighted by atomic mass is 9.91. The minimum Gasteiger partial charge on any atom is -0.355 e. The van der Waals surface area contributed by atoms with E-state index in [0.717, 1.165) is 36.8 Å². The largest absolute Gasteiger partial charge is 0.355 e. The van der Waals surface area contributed by atoms with Gasteiger partial charge in [0.15, 0.2) is 0 Å². The first-order chi connectivity index (χ1) is 7.68. The second-order valence-electron chi connectivity index (χ2n) is 4.49. The van der Waals surface area contributed by atoms with E-state index in [4.69, 9.17) is 17.3 Å². The van der Waals surface area contributed by atoms with Crippen LogP contribution in [0.15, 0.2) is 18.3 Å². The van der Waals surface area contributed by atoms with E-state index < -0.39 is 0 Å². The van der Waals surface area contributed by atoms with Gasteiger partial charge in [-0.2, -0.15) is 0 Å². The zero-order valence-corrected chi connectivity index (χ0v) is 10.3. The normalized spacial score (nSPS) is 19.8. The van der Waals surface area contributed by atoms with E-state index in [0.29, 0.717) is 12.0 Å². The molecule has 2 heterocycles. The summed E-state index contributed by atoms with van der Waals surface area (Å²) in [7, 11) is 0. The lowest BCUT2D eigenvalue weighted by Crippen LogP contribution is -2.40. The van der Waals surface area contributed by atoms with Crippen LogP contribution in [0, 0.1) is 5.92 Å². The van der Waals surface area contributed by atoms with Gasteiger partial charge in [-0.25, -0.2) is 4.98 Å². The Morgan fingerprint density at radius 1 is 1.50 bits per heavy atom. The number of hydrogen-bond donors (Lipinski definition) is 1. The summed E-state index contributed by atoms with van der Waals surface area (Å²) >= 11 is 6.13. The highest BCUT2D eigenvalue weighted by Gasteiger charge is 2.23. The monoisotopic (exact) mass is 239 g/mol. The fourth-order valence-corrected chi connectivity index (χ4v) is 2.49. The quantitative estimate of drug-likeness (QED) is 0.861. The van der Waals surface area contributed by atoms with E-state index in [1.165, 1.54) is 0 Å². The third kappa shape index (κ3) is 2.47. The number of anilines is 1. The van der Waals surface area contributed by atoms with Crippen LogP contribution in [0.3, 0.4) is 0 Å². The molecule has 1 atom stereocenters. The predicted molar refractivity (Wildman–Crippen MR) is 67.8 cm³/mol. The molecule has 0 bridgehead atoms. The summed E-state index contributed by atoms with van der Waals surface area (Å²) in [5.74, 6) is 1.55. The van der Waals surface area contributed by atoms with Crippen molar-refractivity contribution in [2.45, 2.75) is 25.8 Å². The topological polar surface area (TPSA) is 42.1 Å². The van der Waals surface area contributed by atoms with Gasteiger partial charge in [0, 0.05) is 25.3 Å². The number of aromatic nitrogens is 1. The first-order valence-corrected chi connectivity index (χ1v) is 6.17. The third-order valence-electron chi connectivity index (χ3n) is 3.32. The van der Waals surface area contributed by atoms with Crippen LogP contribution in [0.4, 0.5) is 5.82 Å². The molecule has 88 valence electrons. The van der Waals surface area contributed by atoms with Crippen LogP contribution in [0.25, 0.3) is 0 Å². The average molecular weight is 240 g/mol. The number of pyridine rings is 1. The predicted octanol–water partition coefficient (Wildman–Crippen LogP) is 2.30. The summed E-state index contributed by atoms with van der Waals surface area (Å²) in [5, 5.41) is 0.738. The Kier molecular flexibility index (Phi) is 3.66. The van der Waals surface area contributed by atoms with Crippen molar-refractivity contribution in [3.05, 3.63) is 23.4 Å². The van der Waals surface area contributed by atoms with Crippen LogP contribution in [-0.2, 0) is 0 Å². The summed E-state index contributed by atoms with van der Waals surface area (Å²) in [5.41, 5.74) is 5.92. The molecule has 3 nitrogen and oxygen atoms in total. The molecule has 0 saturated carbocycles. The van der Waals surface area contributed by atoms with Crippen molar-refractivity contribution in [2.75, 3.05) is 18.0 Å². The summed E-state index contributed by atoms with van der Waals surface area (Å²) in [6.45, 7) is 4.10. The molecule has 1 saturated heterocycles. The zero-order valence-electron chi connectivity index (χ0n) is 9.56. The van der Waals surface area contributed by atoms with Crippen LogP contribution in [0.2, 0.25) is 5.02 Å². The molecule has 2 N–H and O–H groups in total. The van der Waals surface area contributed by atoms with Crippen LogP contribution >= 0.6 is 11.6 Å². The molecule has 1 aromatic rings. The molecule has 1 unspecified atom stereocenters. The smallest absolute Gasteiger partial charge is 0.147 e. The molecule has 0 spiro atoms. The molecular formula is C12H18ClN3. The van der Waals surface area contributed by atoms with Gasteiger partial charge in [-0.1, -0.05) is 11.6 Å². The first kappa shape index (κ1) is 11.7. The summed E-state index contributed by atoms with van der Waals surface area (Å²) < 4.78 is 0. The van der Waals surface area contributed by atoms with E-state index >= 15 is 0 Å². The second kappa shape index (κ2) is 5.02. The zero-order chi connectivity index (χ0) is 11.5. The first-order valence-electron chi connectivity index (χ1n) is 5.79. The van der Waals surface area contributed by atoms with Crippen molar-refractivity contribution in [1.82, 2.24) is 4.98 Å². The number of nitrogens with zero attached hydrogens (tertiary/aromatic N) is 2. The molecule has 1 fully saturated rings. The van der Waals surface area contributed by atoms with E-state index in [1.54, 1.807) is 6.20 Å². The maximum absolute atomic E-state index is 6.13. The van der Waals surface area contributed by atoms with E-state index in [2.05, 4.69) is 16.8 Å². The van der Waals surface area contributed by atoms with Crippen molar-refractivity contribution in [3.8, 4) is 0 Å². The van der Waals surface area contributed by atoms with Crippen LogP contribution < -0.4 is 10.6 Å². The highest BCUT2D eigenvalue weighted by atomic mass is 35.5. The minimum atomic E-state index is 0.293.